The molecule has 2 heterocycles. The maximum absolute atomic E-state index is 13.6. The SMILES string of the molecule is CNC(=O)Nc1ccc2c(c1)CCOCCC(=O)N(CC(=O)N1CCC[C@H]1c1ccccc1)C2=O. The topological polar surface area (TPSA) is 108 Å². The Bertz CT molecular complexity index is 1100. The van der Waals surface area contributed by atoms with Crippen LogP contribution < -0.4 is 10.6 Å². The minimum atomic E-state index is -0.512. The Balaban J connectivity index is 1.58. The van der Waals surface area contributed by atoms with Crippen molar-refractivity contribution in [3.8, 4) is 0 Å². The van der Waals surface area contributed by atoms with Gasteiger partial charge in [0.2, 0.25) is 11.8 Å². The smallest absolute Gasteiger partial charge is 0.318 e. The fraction of sp³-hybridized carbons (Fsp3) is 0.385. The van der Waals surface area contributed by atoms with E-state index in [1.54, 1.807) is 23.1 Å². The molecule has 184 valence electrons. The Morgan fingerprint density at radius 1 is 1.06 bits per heavy atom. The van der Waals surface area contributed by atoms with Crippen LogP contribution in [0.3, 0.4) is 0 Å². The number of carbonyl (C=O) groups excluding carboxylic acids is 4. The van der Waals surface area contributed by atoms with Crippen LogP contribution in [0.25, 0.3) is 0 Å². The van der Waals surface area contributed by atoms with Gasteiger partial charge in [0.1, 0.15) is 6.54 Å². The third-order valence-corrected chi connectivity index (χ3v) is 6.39. The molecule has 2 aromatic rings. The minimum Gasteiger partial charge on any atom is -0.381 e. The molecule has 0 unspecified atom stereocenters. The second-order valence-electron chi connectivity index (χ2n) is 8.63. The molecule has 0 saturated carbocycles. The molecule has 0 bridgehead atoms. The summed E-state index contributed by atoms with van der Waals surface area (Å²) in [5.41, 5.74) is 2.52. The number of fused-ring (bicyclic) bond motifs is 1. The van der Waals surface area contributed by atoms with Gasteiger partial charge in [0, 0.05) is 24.8 Å². The van der Waals surface area contributed by atoms with Gasteiger partial charge in [-0.1, -0.05) is 30.3 Å². The summed E-state index contributed by atoms with van der Waals surface area (Å²) < 4.78 is 5.59. The van der Waals surface area contributed by atoms with Gasteiger partial charge in [0.25, 0.3) is 5.91 Å². The Kier molecular flexibility index (Phi) is 7.77. The Hall–Kier alpha value is -3.72. The molecule has 1 saturated heterocycles. The number of benzene rings is 2. The van der Waals surface area contributed by atoms with Gasteiger partial charge in [-0.25, -0.2) is 4.79 Å². The standard InChI is InChI=1S/C26H30N4O5/c1-27-26(34)28-20-9-10-21-19(16-20)11-14-35-15-12-23(31)30(25(21)33)17-24(32)29-13-5-8-22(29)18-6-3-2-4-7-18/h2-4,6-7,9-10,16,22H,5,8,11-15,17H2,1H3,(H2,27,28,34)/t22-/m0/s1. The van der Waals surface area contributed by atoms with Gasteiger partial charge in [-0.05, 0) is 48.6 Å². The zero-order valence-electron chi connectivity index (χ0n) is 19.8. The quantitative estimate of drug-likeness (QED) is 0.657. The van der Waals surface area contributed by atoms with Gasteiger partial charge in [0.15, 0.2) is 0 Å². The molecule has 2 aliphatic rings. The first kappa shape index (κ1) is 24.4. The van der Waals surface area contributed by atoms with Gasteiger partial charge >= 0.3 is 6.03 Å². The van der Waals surface area contributed by atoms with Crippen molar-refractivity contribution in [3.63, 3.8) is 0 Å². The molecule has 0 aromatic heterocycles. The molecule has 2 N–H and O–H groups in total. The number of hydrogen-bond donors (Lipinski definition) is 2. The highest BCUT2D eigenvalue weighted by Gasteiger charge is 2.34. The molecule has 2 aromatic carbocycles. The monoisotopic (exact) mass is 478 g/mol. The van der Waals surface area contributed by atoms with E-state index in [0.717, 1.165) is 23.3 Å². The molecule has 0 aliphatic carbocycles. The van der Waals surface area contributed by atoms with E-state index in [4.69, 9.17) is 4.74 Å². The van der Waals surface area contributed by atoms with E-state index in [2.05, 4.69) is 10.6 Å². The van der Waals surface area contributed by atoms with E-state index < -0.39 is 11.8 Å². The van der Waals surface area contributed by atoms with Crippen molar-refractivity contribution in [3.05, 3.63) is 65.2 Å². The number of nitrogens with zero attached hydrogens (tertiary/aromatic N) is 2. The van der Waals surface area contributed by atoms with Gasteiger partial charge < -0.3 is 20.3 Å². The van der Waals surface area contributed by atoms with Crippen molar-refractivity contribution in [1.29, 1.82) is 0 Å². The predicted octanol–water partition coefficient (Wildman–Crippen LogP) is 2.73. The van der Waals surface area contributed by atoms with Crippen LogP contribution in [-0.2, 0) is 20.7 Å². The van der Waals surface area contributed by atoms with Crippen LogP contribution in [0.15, 0.2) is 48.5 Å². The number of urea groups is 1. The van der Waals surface area contributed by atoms with Crippen LogP contribution in [0.5, 0.6) is 0 Å². The first-order valence-corrected chi connectivity index (χ1v) is 11.9. The first-order chi connectivity index (χ1) is 17.0. The summed E-state index contributed by atoms with van der Waals surface area (Å²) in [6, 6.07) is 14.2. The van der Waals surface area contributed by atoms with Crippen molar-refractivity contribution in [1.82, 2.24) is 15.1 Å². The van der Waals surface area contributed by atoms with E-state index in [-0.39, 0.29) is 37.6 Å². The molecule has 2 aliphatic heterocycles. The van der Waals surface area contributed by atoms with Gasteiger partial charge in [0.05, 0.1) is 25.7 Å². The zero-order valence-corrected chi connectivity index (χ0v) is 19.8. The molecule has 0 spiro atoms. The van der Waals surface area contributed by atoms with Crippen molar-refractivity contribution >= 4 is 29.4 Å². The largest absolute Gasteiger partial charge is 0.381 e. The first-order valence-electron chi connectivity index (χ1n) is 11.9. The maximum Gasteiger partial charge on any atom is 0.318 e. The fourth-order valence-electron chi connectivity index (χ4n) is 4.59. The Labute approximate surface area is 204 Å². The number of imide groups is 1. The molecule has 9 heteroatoms. The lowest BCUT2D eigenvalue weighted by atomic mass is 10.0. The minimum absolute atomic E-state index is 0.0206. The lowest BCUT2D eigenvalue weighted by Gasteiger charge is -2.29. The lowest BCUT2D eigenvalue weighted by molar-refractivity contribution is -0.139. The van der Waals surface area contributed by atoms with Crippen molar-refractivity contribution < 1.29 is 23.9 Å². The van der Waals surface area contributed by atoms with Crippen LogP contribution in [-0.4, -0.2) is 66.9 Å². The summed E-state index contributed by atoms with van der Waals surface area (Å²) in [5.74, 6) is -1.21. The summed E-state index contributed by atoms with van der Waals surface area (Å²) in [4.78, 5) is 54.4. The van der Waals surface area contributed by atoms with Crippen molar-refractivity contribution in [2.45, 2.75) is 31.7 Å². The fourth-order valence-corrected chi connectivity index (χ4v) is 4.59. The highest BCUT2D eigenvalue weighted by molar-refractivity contribution is 6.08. The lowest BCUT2D eigenvalue weighted by Crippen LogP contribution is -2.46. The number of ether oxygens (including phenoxy) is 1. The summed E-state index contributed by atoms with van der Waals surface area (Å²) in [5, 5.41) is 5.17. The van der Waals surface area contributed by atoms with Crippen LogP contribution in [0, 0.1) is 0 Å². The molecule has 35 heavy (non-hydrogen) atoms. The molecule has 9 nitrogen and oxygen atoms in total. The molecule has 1 atom stereocenters. The van der Waals surface area contributed by atoms with Crippen LogP contribution in [0.4, 0.5) is 10.5 Å². The van der Waals surface area contributed by atoms with Gasteiger partial charge in [-0.3, -0.25) is 19.3 Å². The van der Waals surface area contributed by atoms with Crippen LogP contribution >= 0.6 is 0 Å². The zero-order chi connectivity index (χ0) is 24.8. The Morgan fingerprint density at radius 3 is 2.60 bits per heavy atom. The molecule has 5 amide bonds. The number of nitrogens with one attached hydrogen (secondary N) is 2. The number of hydrogen-bond acceptors (Lipinski definition) is 5. The molecular weight excluding hydrogens is 448 g/mol. The molecule has 4 rings (SSSR count). The van der Waals surface area contributed by atoms with E-state index in [9.17, 15) is 19.2 Å². The molecule has 1 fully saturated rings. The highest BCUT2D eigenvalue weighted by Crippen LogP contribution is 2.32. The maximum atomic E-state index is 13.6. The van der Waals surface area contributed by atoms with Gasteiger partial charge in [-0.15, -0.1) is 0 Å². The predicted molar refractivity (Wildman–Crippen MR) is 130 cm³/mol. The van der Waals surface area contributed by atoms with E-state index >= 15 is 0 Å². The highest BCUT2D eigenvalue weighted by atomic mass is 16.5. The number of amides is 5. The molecular formula is C26H30N4O5. The van der Waals surface area contributed by atoms with Crippen LogP contribution in [0.2, 0.25) is 0 Å². The number of carbonyl (C=O) groups is 4. The average Bonchev–Trinajstić information content (AvgIpc) is 3.37. The summed E-state index contributed by atoms with van der Waals surface area (Å²) >= 11 is 0. The second-order valence-corrected chi connectivity index (χ2v) is 8.63. The summed E-state index contributed by atoms with van der Waals surface area (Å²) in [6.07, 6.45) is 2.16. The normalized spacial score (nSPS) is 18.7. The number of anilines is 1. The van der Waals surface area contributed by atoms with E-state index in [0.29, 0.717) is 36.4 Å². The molecule has 0 radical (unpaired) electrons. The summed E-state index contributed by atoms with van der Waals surface area (Å²) in [6.45, 7) is 0.767. The average molecular weight is 479 g/mol. The number of likely N-dealkylation sites (tertiary alicyclic amines) is 1. The van der Waals surface area contributed by atoms with Crippen molar-refractivity contribution in [2.24, 2.45) is 0 Å². The van der Waals surface area contributed by atoms with E-state index in [1.807, 2.05) is 30.3 Å². The third kappa shape index (κ3) is 5.68. The van der Waals surface area contributed by atoms with Crippen molar-refractivity contribution in [2.75, 3.05) is 38.7 Å². The van der Waals surface area contributed by atoms with Gasteiger partial charge in [-0.2, -0.15) is 0 Å². The summed E-state index contributed by atoms with van der Waals surface area (Å²) in [7, 11) is 1.51. The van der Waals surface area contributed by atoms with E-state index in [1.165, 1.54) is 7.05 Å². The number of rotatable bonds is 4. The van der Waals surface area contributed by atoms with Crippen LogP contribution in [0.1, 0.15) is 46.8 Å². The third-order valence-electron chi connectivity index (χ3n) is 6.39. The Morgan fingerprint density at radius 2 is 1.83 bits per heavy atom. The second kappa shape index (κ2) is 11.1.